The Morgan fingerprint density at radius 3 is 2.50 bits per heavy atom. The van der Waals surface area contributed by atoms with Gasteiger partial charge >= 0.3 is 0 Å². The molecule has 1 N–H and O–H groups in total. The zero-order valence-electron chi connectivity index (χ0n) is 13.1. The normalized spacial score (nSPS) is 10.2. The lowest BCUT2D eigenvalue weighted by Crippen LogP contribution is -2.11. The maximum atomic E-state index is 12.2. The molecule has 1 amide bonds. The number of anilines is 1. The van der Waals surface area contributed by atoms with Crippen LogP contribution in [-0.2, 0) is 6.42 Å². The number of amides is 1. The molecule has 0 aliphatic rings. The highest BCUT2D eigenvalue weighted by atomic mass is 32.1. The van der Waals surface area contributed by atoms with Gasteiger partial charge in [0.15, 0.2) is 5.13 Å². The van der Waals surface area contributed by atoms with Crippen molar-refractivity contribution in [1.29, 1.82) is 5.26 Å². The van der Waals surface area contributed by atoms with Crippen molar-refractivity contribution in [3.8, 4) is 17.3 Å². The molecule has 0 atom stereocenters. The number of nitrogens with zero attached hydrogens (tertiary/aromatic N) is 2. The Hall–Kier alpha value is -2.97. The molecule has 0 aliphatic carbocycles. The van der Waals surface area contributed by atoms with Crippen molar-refractivity contribution in [2.24, 2.45) is 0 Å². The second-order valence-electron chi connectivity index (χ2n) is 5.23. The second-order valence-corrected chi connectivity index (χ2v) is 6.09. The third-order valence-corrected chi connectivity index (χ3v) is 4.42. The molecular weight excluding hydrogens is 318 g/mol. The maximum Gasteiger partial charge on any atom is 0.257 e. The number of hydrogen-bond acceptors (Lipinski definition) is 4. The van der Waals surface area contributed by atoms with Crippen LogP contribution in [-0.4, -0.2) is 10.9 Å². The number of hydrogen-bond donors (Lipinski definition) is 1. The quantitative estimate of drug-likeness (QED) is 0.764. The molecule has 1 heterocycles. The molecule has 0 radical (unpaired) electrons. The van der Waals surface area contributed by atoms with Crippen LogP contribution in [0.3, 0.4) is 0 Å². The minimum atomic E-state index is -0.235. The number of thiazole rings is 1. The van der Waals surface area contributed by atoms with Crippen LogP contribution in [0.25, 0.3) is 11.3 Å². The molecule has 0 bridgehead atoms. The summed E-state index contributed by atoms with van der Waals surface area (Å²) in [6.45, 7) is 2.12. The number of aromatic nitrogens is 1. The first-order valence-electron chi connectivity index (χ1n) is 7.56. The van der Waals surface area contributed by atoms with E-state index < -0.39 is 0 Å². The lowest BCUT2D eigenvalue weighted by atomic mass is 10.1. The van der Waals surface area contributed by atoms with Gasteiger partial charge in [-0.3, -0.25) is 10.1 Å². The number of rotatable bonds is 4. The Kier molecular flexibility index (Phi) is 4.69. The monoisotopic (exact) mass is 333 g/mol. The molecule has 0 fully saturated rings. The molecule has 0 saturated heterocycles. The molecule has 0 saturated carbocycles. The lowest BCUT2D eigenvalue weighted by Gasteiger charge is -2.02. The smallest absolute Gasteiger partial charge is 0.257 e. The molecule has 0 spiro atoms. The van der Waals surface area contributed by atoms with E-state index in [0.717, 1.165) is 17.7 Å². The van der Waals surface area contributed by atoms with Gasteiger partial charge in [-0.05, 0) is 36.2 Å². The molecule has 4 nitrogen and oxygen atoms in total. The summed E-state index contributed by atoms with van der Waals surface area (Å²) >= 11 is 1.39. The largest absolute Gasteiger partial charge is 0.298 e. The van der Waals surface area contributed by atoms with Crippen molar-refractivity contribution in [1.82, 2.24) is 4.98 Å². The summed E-state index contributed by atoms with van der Waals surface area (Å²) in [5.41, 5.74) is 4.18. The minimum absolute atomic E-state index is 0.235. The van der Waals surface area contributed by atoms with E-state index in [-0.39, 0.29) is 5.91 Å². The Labute approximate surface area is 144 Å². The van der Waals surface area contributed by atoms with Gasteiger partial charge in [-0.25, -0.2) is 4.98 Å². The van der Waals surface area contributed by atoms with Crippen molar-refractivity contribution >= 4 is 22.4 Å². The van der Waals surface area contributed by atoms with E-state index in [1.165, 1.54) is 16.9 Å². The molecule has 0 aliphatic heterocycles. The molecule has 0 unspecified atom stereocenters. The average Bonchev–Trinajstić information content (AvgIpc) is 3.10. The van der Waals surface area contributed by atoms with Crippen LogP contribution in [0.2, 0.25) is 0 Å². The lowest BCUT2D eigenvalue weighted by molar-refractivity contribution is 0.102. The molecule has 2 aromatic carbocycles. The van der Waals surface area contributed by atoms with Crippen molar-refractivity contribution in [3.05, 3.63) is 70.6 Å². The van der Waals surface area contributed by atoms with Crippen LogP contribution in [0.1, 0.15) is 28.4 Å². The predicted molar refractivity (Wildman–Crippen MR) is 96.0 cm³/mol. The highest BCUT2D eigenvalue weighted by molar-refractivity contribution is 7.14. The van der Waals surface area contributed by atoms with Gasteiger partial charge in [-0.1, -0.05) is 31.2 Å². The fourth-order valence-electron chi connectivity index (χ4n) is 2.24. The number of benzene rings is 2. The van der Waals surface area contributed by atoms with Crippen LogP contribution in [0.15, 0.2) is 53.9 Å². The summed E-state index contributed by atoms with van der Waals surface area (Å²) in [7, 11) is 0. The van der Waals surface area contributed by atoms with E-state index in [4.69, 9.17) is 5.26 Å². The topological polar surface area (TPSA) is 65.8 Å². The summed E-state index contributed by atoms with van der Waals surface area (Å²) in [5.74, 6) is -0.235. The van der Waals surface area contributed by atoms with E-state index in [9.17, 15) is 4.79 Å². The average molecular weight is 333 g/mol. The van der Waals surface area contributed by atoms with E-state index in [0.29, 0.717) is 16.3 Å². The van der Waals surface area contributed by atoms with E-state index >= 15 is 0 Å². The second kappa shape index (κ2) is 7.07. The Morgan fingerprint density at radius 2 is 1.88 bits per heavy atom. The van der Waals surface area contributed by atoms with Crippen LogP contribution in [0.4, 0.5) is 5.13 Å². The third kappa shape index (κ3) is 3.50. The van der Waals surface area contributed by atoms with E-state index in [2.05, 4.69) is 29.4 Å². The van der Waals surface area contributed by atoms with Crippen molar-refractivity contribution in [2.45, 2.75) is 13.3 Å². The minimum Gasteiger partial charge on any atom is -0.298 e. The van der Waals surface area contributed by atoms with Crippen LogP contribution < -0.4 is 5.32 Å². The third-order valence-electron chi connectivity index (χ3n) is 3.66. The Bertz CT molecular complexity index is 890. The summed E-state index contributed by atoms with van der Waals surface area (Å²) in [6, 6.07) is 16.8. The summed E-state index contributed by atoms with van der Waals surface area (Å²) < 4.78 is 0. The van der Waals surface area contributed by atoms with Gasteiger partial charge in [0.25, 0.3) is 5.91 Å². The molecule has 3 rings (SSSR count). The molecule has 3 aromatic rings. The molecule has 118 valence electrons. The Balaban J connectivity index is 1.72. The number of aryl methyl sites for hydroxylation is 1. The van der Waals surface area contributed by atoms with Gasteiger partial charge in [-0.2, -0.15) is 5.26 Å². The molecule has 5 heteroatoms. The van der Waals surface area contributed by atoms with Crippen molar-refractivity contribution in [2.75, 3.05) is 5.32 Å². The first kappa shape index (κ1) is 15.9. The van der Waals surface area contributed by atoms with Gasteiger partial charge in [-0.15, -0.1) is 11.3 Å². The standard InChI is InChI=1S/C19H15N3OS/c1-2-13-3-7-15(8-4-13)17-12-24-19(21-17)22-18(23)16-9-5-14(11-20)6-10-16/h3-10,12H,2H2,1H3,(H,21,22,23). The van der Waals surface area contributed by atoms with Gasteiger partial charge in [0.05, 0.1) is 17.3 Å². The van der Waals surface area contributed by atoms with Gasteiger partial charge in [0.2, 0.25) is 0 Å². The van der Waals surface area contributed by atoms with Crippen molar-refractivity contribution < 1.29 is 4.79 Å². The van der Waals surface area contributed by atoms with Crippen LogP contribution in [0.5, 0.6) is 0 Å². The SMILES string of the molecule is CCc1ccc(-c2csc(NC(=O)c3ccc(C#N)cc3)n2)cc1. The predicted octanol–water partition coefficient (Wildman–Crippen LogP) is 4.50. The van der Waals surface area contributed by atoms with Crippen LogP contribution in [0, 0.1) is 11.3 Å². The zero-order chi connectivity index (χ0) is 16.9. The fraction of sp³-hybridized carbons (Fsp3) is 0.105. The zero-order valence-corrected chi connectivity index (χ0v) is 13.9. The summed E-state index contributed by atoms with van der Waals surface area (Å²) in [5, 5.41) is 14.1. The summed E-state index contributed by atoms with van der Waals surface area (Å²) in [6.07, 6.45) is 1.00. The van der Waals surface area contributed by atoms with Gasteiger partial charge < -0.3 is 0 Å². The van der Waals surface area contributed by atoms with Crippen molar-refractivity contribution in [3.63, 3.8) is 0 Å². The number of nitrogens with one attached hydrogen (secondary N) is 1. The first-order valence-corrected chi connectivity index (χ1v) is 8.44. The maximum absolute atomic E-state index is 12.2. The number of carbonyl (C=O) groups is 1. The molecular formula is C19H15N3OS. The summed E-state index contributed by atoms with van der Waals surface area (Å²) in [4.78, 5) is 16.7. The fourth-order valence-corrected chi connectivity index (χ4v) is 2.96. The Morgan fingerprint density at radius 1 is 1.17 bits per heavy atom. The number of carbonyl (C=O) groups excluding carboxylic acids is 1. The van der Waals surface area contributed by atoms with E-state index in [1.807, 2.05) is 23.6 Å². The van der Waals surface area contributed by atoms with E-state index in [1.54, 1.807) is 24.3 Å². The molecule has 24 heavy (non-hydrogen) atoms. The molecule has 1 aromatic heterocycles. The van der Waals surface area contributed by atoms with Gasteiger partial charge in [0, 0.05) is 16.5 Å². The van der Waals surface area contributed by atoms with Crippen LogP contribution >= 0.6 is 11.3 Å². The first-order chi connectivity index (χ1) is 11.7. The van der Waals surface area contributed by atoms with Gasteiger partial charge in [0.1, 0.15) is 0 Å². The number of nitriles is 1. The highest BCUT2D eigenvalue weighted by Gasteiger charge is 2.10. The highest BCUT2D eigenvalue weighted by Crippen LogP contribution is 2.25.